The zero-order valence-electron chi connectivity index (χ0n) is 17.3. The average molecular weight is 434 g/mol. The normalized spacial score (nSPS) is 19.5. The van der Waals surface area contributed by atoms with E-state index in [0.29, 0.717) is 25.9 Å². The van der Waals surface area contributed by atoms with Gasteiger partial charge in [0.1, 0.15) is 5.82 Å². The van der Waals surface area contributed by atoms with Crippen LogP contribution in [0.1, 0.15) is 25.3 Å². The van der Waals surface area contributed by atoms with Gasteiger partial charge in [0.05, 0.1) is 12.3 Å². The zero-order chi connectivity index (χ0) is 21.7. The number of amides is 2. The molecule has 8 heteroatoms. The summed E-state index contributed by atoms with van der Waals surface area (Å²) in [7, 11) is -3.41. The van der Waals surface area contributed by atoms with E-state index in [4.69, 9.17) is 0 Å². The number of sulfonamides is 1. The van der Waals surface area contributed by atoms with Gasteiger partial charge in [-0.15, -0.1) is 0 Å². The molecule has 1 saturated heterocycles. The van der Waals surface area contributed by atoms with Gasteiger partial charge in [-0.1, -0.05) is 36.4 Å². The Kier molecular flexibility index (Phi) is 7.10. The highest BCUT2D eigenvalue weighted by Gasteiger charge is 2.35. The topological polar surface area (TPSA) is 78.5 Å². The minimum atomic E-state index is -3.41. The summed E-state index contributed by atoms with van der Waals surface area (Å²) in [5.74, 6) is -0.288. The lowest BCUT2D eigenvalue weighted by molar-refractivity contribution is 0.134. The molecule has 2 unspecified atom stereocenters. The predicted octanol–water partition coefficient (Wildman–Crippen LogP) is 3.15. The minimum Gasteiger partial charge on any atom is -0.338 e. The van der Waals surface area contributed by atoms with E-state index in [2.05, 4.69) is 10.0 Å². The molecular weight excluding hydrogens is 405 g/mol. The number of urea groups is 1. The van der Waals surface area contributed by atoms with Crippen molar-refractivity contribution in [2.24, 2.45) is 0 Å². The number of nitrogens with one attached hydrogen (secondary N) is 2. The third kappa shape index (κ3) is 5.79. The van der Waals surface area contributed by atoms with Crippen molar-refractivity contribution in [3.05, 3.63) is 59.9 Å². The molecular formula is C22H28FN3O3S. The molecule has 0 spiro atoms. The number of piperidine rings is 1. The second-order valence-electron chi connectivity index (χ2n) is 7.65. The molecule has 2 aromatic carbocycles. The molecule has 2 aromatic rings. The number of hydrogen-bond acceptors (Lipinski definition) is 3. The van der Waals surface area contributed by atoms with Gasteiger partial charge in [-0.3, -0.25) is 0 Å². The molecule has 0 bridgehead atoms. The maximum Gasteiger partial charge on any atom is 0.317 e. The lowest BCUT2D eigenvalue weighted by atomic mass is 9.90. The summed E-state index contributed by atoms with van der Waals surface area (Å²) in [4.78, 5) is 14.4. The predicted molar refractivity (Wildman–Crippen MR) is 116 cm³/mol. The van der Waals surface area contributed by atoms with Gasteiger partial charge in [0, 0.05) is 19.1 Å². The van der Waals surface area contributed by atoms with Gasteiger partial charge in [0.2, 0.25) is 10.0 Å². The number of carbonyl (C=O) groups is 1. The van der Waals surface area contributed by atoms with Crippen LogP contribution in [-0.2, 0) is 16.4 Å². The third-order valence-electron chi connectivity index (χ3n) is 5.28. The van der Waals surface area contributed by atoms with Crippen LogP contribution in [0.5, 0.6) is 0 Å². The van der Waals surface area contributed by atoms with Crippen LogP contribution in [-0.4, -0.2) is 50.8 Å². The Morgan fingerprint density at radius 1 is 1.17 bits per heavy atom. The number of benzene rings is 2. The number of nitrogens with zero attached hydrogens (tertiary/aromatic N) is 1. The Bertz CT molecular complexity index is 979. The number of likely N-dealkylation sites (tertiary alicyclic amines) is 1. The highest BCUT2D eigenvalue weighted by molar-refractivity contribution is 7.88. The fraction of sp³-hybridized carbons (Fsp3) is 0.409. The van der Waals surface area contributed by atoms with Crippen LogP contribution >= 0.6 is 0 Å². The van der Waals surface area contributed by atoms with Crippen LogP contribution in [0.4, 0.5) is 9.18 Å². The van der Waals surface area contributed by atoms with E-state index >= 15 is 0 Å². The van der Waals surface area contributed by atoms with E-state index in [1.54, 1.807) is 17.0 Å². The Labute approximate surface area is 177 Å². The Hall–Kier alpha value is -2.45. The maximum absolute atomic E-state index is 13.3. The van der Waals surface area contributed by atoms with Crippen molar-refractivity contribution < 1.29 is 17.6 Å². The molecule has 2 atom stereocenters. The first-order chi connectivity index (χ1) is 14.3. The largest absolute Gasteiger partial charge is 0.338 e. The van der Waals surface area contributed by atoms with Crippen LogP contribution in [0.25, 0.3) is 11.1 Å². The van der Waals surface area contributed by atoms with E-state index < -0.39 is 10.0 Å². The van der Waals surface area contributed by atoms with Crippen LogP contribution in [0, 0.1) is 5.82 Å². The van der Waals surface area contributed by atoms with E-state index in [1.807, 2.05) is 31.2 Å². The number of rotatable bonds is 6. The lowest BCUT2D eigenvalue weighted by Crippen LogP contribution is -2.59. The summed E-state index contributed by atoms with van der Waals surface area (Å²) in [5.41, 5.74) is 2.83. The Morgan fingerprint density at radius 2 is 1.90 bits per heavy atom. The van der Waals surface area contributed by atoms with Crippen LogP contribution in [0.3, 0.4) is 0 Å². The van der Waals surface area contributed by atoms with Gasteiger partial charge >= 0.3 is 6.03 Å². The van der Waals surface area contributed by atoms with Crippen LogP contribution < -0.4 is 10.0 Å². The van der Waals surface area contributed by atoms with Gasteiger partial charge in [-0.25, -0.2) is 22.3 Å². The van der Waals surface area contributed by atoms with Crippen molar-refractivity contribution in [3.63, 3.8) is 0 Å². The molecule has 1 aliphatic rings. The van der Waals surface area contributed by atoms with Gasteiger partial charge in [-0.2, -0.15) is 0 Å². The lowest BCUT2D eigenvalue weighted by Gasteiger charge is -2.41. The first kappa shape index (κ1) is 22.2. The summed E-state index contributed by atoms with van der Waals surface area (Å²) in [6.45, 7) is 2.94. The van der Waals surface area contributed by atoms with E-state index in [1.165, 1.54) is 12.1 Å². The Morgan fingerprint density at radius 3 is 2.57 bits per heavy atom. The van der Waals surface area contributed by atoms with Gasteiger partial charge < -0.3 is 10.2 Å². The molecule has 3 rings (SSSR count). The number of halogens is 1. The van der Waals surface area contributed by atoms with Crippen molar-refractivity contribution in [2.75, 3.05) is 19.3 Å². The standard InChI is InChI=1S/C22H28FN3O3S/c1-3-24-22(27)26-13-5-8-20(25-30(2,28)29)21(26)15-16-6-4-7-18(14-16)17-9-11-19(23)12-10-17/h4,6-7,9-12,14,20-21,25H,3,5,8,13,15H2,1-2H3,(H,24,27). The molecule has 30 heavy (non-hydrogen) atoms. The van der Waals surface area contributed by atoms with Crippen molar-refractivity contribution in [3.8, 4) is 11.1 Å². The molecule has 162 valence electrons. The first-order valence-electron chi connectivity index (χ1n) is 10.1. The van der Waals surface area contributed by atoms with E-state index in [0.717, 1.165) is 29.4 Å². The van der Waals surface area contributed by atoms with Gasteiger partial charge in [0.25, 0.3) is 0 Å². The smallest absolute Gasteiger partial charge is 0.317 e. The fourth-order valence-corrected chi connectivity index (χ4v) is 4.81. The summed E-state index contributed by atoms with van der Waals surface area (Å²) in [6.07, 6.45) is 3.06. The molecule has 2 amide bonds. The van der Waals surface area contributed by atoms with E-state index in [-0.39, 0.29) is 23.9 Å². The quantitative estimate of drug-likeness (QED) is 0.735. The van der Waals surface area contributed by atoms with Crippen molar-refractivity contribution in [1.29, 1.82) is 0 Å². The first-order valence-corrected chi connectivity index (χ1v) is 12.0. The average Bonchev–Trinajstić information content (AvgIpc) is 2.69. The number of carbonyl (C=O) groups excluding carboxylic acids is 1. The molecule has 1 aliphatic heterocycles. The monoisotopic (exact) mass is 433 g/mol. The minimum absolute atomic E-state index is 0.183. The fourth-order valence-electron chi connectivity index (χ4n) is 3.99. The third-order valence-corrected chi connectivity index (χ3v) is 6.01. The summed E-state index contributed by atoms with van der Waals surface area (Å²) in [6, 6.07) is 13.3. The van der Waals surface area contributed by atoms with Gasteiger partial charge in [0.15, 0.2) is 0 Å². The zero-order valence-corrected chi connectivity index (χ0v) is 18.1. The highest BCUT2D eigenvalue weighted by atomic mass is 32.2. The molecule has 0 aromatic heterocycles. The maximum atomic E-state index is 13.3. The molecule has 6 nitrogen and oxygen atoms in total. The van der Waals surface area contributed by atoms with Crippen molar-refractivity contribution in [1.82, 2.24) is 14.9 Å². The summed E-state index contributed by atoms with van der Waals surface area (Å²) < 4.78 is 39.8. The molecule has 2 N–H and O–H groups in total. The Balaban J connectivity index is 1.89. The van der Waals surface area contributed by atoms with Crippen molar-refractivity contribution >= 4 is 16.1 Å². The van der Waals surface area contributed by atoms with Gasteiger partial charge in [-0.05, 0) is 55.0 Å². The second kappa shape index (κ2) is 9.57. The molecule has 0 radical (unpaired) electrons. The molecule has 1 heterocycles. The number of hydrogen-bond donors (Lipinski definition) is 2. The molecule has 0 aliphatic carbocycles. The SMILES string of the molecule is CCNC(=O)N1CCCC(NS(C)(=O)=O)C1Cc1cccc(-c2ccc(F)cc2)c1. The molecule has 0 saturated carbocycles. The summed E-state index contributed by atoms with van der Waals surface area (Å²) >= 11 is 0. The van der Waals surface area contributed by atoms with E-state index in [9.17, 15) is 17.6 Å². The molecule has 1 fully saturated rings. The van der Waals surface area contributed by atoms with Crippen LogP contribution in [0.15, 0.2) is 48.5 Å². The van der Waals surface area contributed by atoms with Crippen LogP contribution in [0.2, 0.25) is 0 Å². The highest BCUT2D eigenvalue weighted by Crippen LogP contribution is 2.25. The van der Waals surface area contributed by atoms with Crippen molar-refractivity contribution in [2.45, 2.75) is 38.3 Å². The summed E-state index contributed by atoms with van der Waals surface area (Å²) in [5, 5.41) is 2.83. The second-order valence-corrected chi connectivity index (χ2v) is 9.43.